The molecule has 0 unspecified atom stereocenters. The predicted molar refractivity (Wildman–Crippen MR) is 74.3 cm³/mol. The fourth-order valence-corrected chi connectivity index (χ4v) is 1.95. The summed E-state index contributed by atoms with van der Waals surface area (Å²) in [6.07, 6.45) is 3.63. The van der Waals surface area contributed by atoms with Crippen molar-refractivity contribution in [2.75, 3.05) is 5.32 Å². The summed E-state index contributed by atoms with van der Waals surface area (Å²) >= 11 is 0. The minimum atomic E-state index is 0.321. The number of rotatable bonds is 4. The van der Waals surface area contributed by atoms with E-state index in [9.17, 15) is 0 Å². The minimum Gasteiger partial charge on any atom is -0.449 e. The zero-order valence-electron chi connectivity index (χ0n) is 10.7. The molecular weight excluding hydrogens is 252 g/mol. The maximum absolute atomic E-state index is 8.73. The lowest BCUT2D eigenvalue weighted by Gasteiger charge is -2.10. The largest absolute Gasteiger partial charge is 0.449 e. The number of hydrogen-bond acceptors (Lipinski definition) is 4. The molecule has 2 heterocycles. The van der Waals surface area contributed by atoms with Crippen molar-refractivity contribution in [2.45, 2.75) is 6.54 Å². The summed E-state index contributed by atoms with van der Waals surface area (Å²) in [5.74, 6) is 1.04. The third-order valence-electron chi connectivity index (χ3n) is 2.88. The molecule has 2 aromatic heterocycles. The van der Waals surface area contributed by atoms with Gasteiger partial charge >= 0.3 is 0 Å². The van der Waals surface area contributed by atoms with Gasteiger partial charge in [0.05, 0.1) is 17.9 Å². The van der Waals surface area contributed by atoms with Gasteiger partial charge in [-0.05, 0) is 30.3 Å². The van der Waals surface area contributed by atoms with Gasteiger partial charge in [0.1, 0.15) is 11.8 Å². The van der Waals surface area contributed by atoms with E-state index in [2.05, 4.69) is 10.4 Å². The molecule has 0 aliphatic heterocycles. The fraction of sp³-hybridized carbons (Fsp3) is 0.0667. The molecule has 1 aromatic carbocycles. The number of anilines is 1. The van der Waals surface area contributed by atoms with Crippen molar-refractivity contribution in [3.05, 3.63) is 66.4 Å². The van der Waals surface area contributed by atoms with E-state index in [1.165, 1.54) is 0 Å². The average molecular weight is 264 g/mol. The monoisotopic (exact) mass is 264 g/mol. The number of nitrogens with one attached hydrogen (secondary N) is 1. The van der Waals surface area contributed by atoms with Gasteiger partial charge in [0, 0.05) is 12.4 Å². The second kappa shape index (κ2) is 5.33. The van der Waals surface area contributed by atoms with Crippen LogP contribution < -0.4 is 5.32 Å². The SMILES string of the molecule is N#Cc1ccc(CNc2ccccc2-n2cccn2)o1. The van der Waals surface area contributed by atoms with Crippen molar-refractivity contribution in [3.63, 3.8) is 0 Å². The number of furan rings is 1. The van der Waals surface area contributed by atoms with Gasteiger partial charge in [-0.2, -0.15) is 10.4 Å². The van der Waals surface area contributed by atoms with Crippen LogP contribution in [-0.2, 0) is 6.54 Å². The summed E-state index contributed by atoms with van der Waals surface area (Å²) in [5, 5.41) is 16.3. The van der Waals surface area contributed by atoms with Crippen LogP contribution in [0.2, 0.25) is 0 Å². The number of benzene rings is 1. The maximum atomic E-state index is 8.73. The third-order valence-corrected chi connectivity index (χ3v) is 2.88. The van der Waals surface area contributed by atoms with Crippen molar-refractivity contribution in [3.8, 4) is 11.8 Å². The zero-order chi connectivity index (χ0) is 13.8. The highest BCUT2D eigenvalue weighted by molar-refractivity contribution is 5.60. The van der Waals surface area contributed by atoms with Crippen LogP contribution in [0.5, 0.6) is 0 Å². The molecule has 0 radical (unpaired) electrons. The first-order chi connectivity index (χ1) is 9.86. The first-order valence-corrected chi connectivity index (χ1v) is 6.18. The van der Waals surface area contributed by atoms with Gasteiger partial charge in [0.15, 0.2) is 0 Å². The molecule has 1 N–H and O–H groups in total. The van der Waals surface area contributed by atoms with E-state index in [4.69, 9.17) is 9.68 Å². The highest BCUT2D eigenvalue weighted by Gasteiger charge is 2.05. The Morgan fingerprint density at radius 3 is 2.85 bits per heavy atom. The first kappa shape index (κ1) is 12.1. The first-order valence-electron chi connectivity index (χ1n) is 6.18. The van der Waals surface area contributed by atoms with Gasteiger partial charge in [0.2, 0.25) is 5.76 Å². The smallest absolute Gasteiger partial charge is 0.203 e. The van der Waals surface area contributed by atoms with Gasteiger partial charge in [-0.1, -0.05) is 12.1 Å². The number of hydrogen-bond donors (Lipinski definition) is 1. The van der Waals surface area contributed by atoms with Crippen LogP contribution in [0, 0.1) is 11.3 Å². The van der Waals surface area contributed by atoms with E-state index in [1.807, 2.05) is 42.6 Å². The molecule has 0 fully saturated rings. The Hall–Kier alpha value is -3.00. The molecule has 0 aliphatic carbocycles. The van der Waals surface area contributed by atoms with Gasteiger partial charge < -0.3 is 9.73 Å². The van der Waals surface area contributed by atoms with E-state index >= 15 is 0 Å². The second-order valence-corrected chi connectivity index (χ2v) is 4.20. The highest BCUT2D eigenvalue weighted by Crippen LogP contribution is 2.20. The lowest BCUT2D eigenvalue weighted by molar-refractivity contribution is 0.506. The molecule has 3 rings (SSSR count). The van der Waals surface area contributed by atoms with E-state index in [0.717, 1.165) is 17.1 Å². The summed E-state index contributed by atoms with van der Waals surface area (Å²) in [6.45, 7) is 0.514. The van der Waals surface area contributed by atoms with Crippen molar-refractivity contribution < 1.29 is 4.42 Å². The van der Waals surface area contributed by atoms with Crippen LogP contribution in [-0.4, -0.2) is 9.78 Å². The van der Waals surface area contributed by atoms with Gasteiger partial charge in [-0.25, -0.2) is 4.68 Å². The van der Waals surface area contributed by atoms with Crippen LogP contribution in [0.1, 0.15) is 11.5 Å². The standard InChI is InChI=1S/C15H12N4O/c16-10-12-6-7-13(20-12)11-17-14-4-1-2-5-15(14)19-9-3-8-18-19/h1-9,17H,11H2. The Morgan fingerprint density at radius 2 is 2.10 bits per heavy atom. The average Bonchev–Trinajstić information content (AvgIpc) is 3.17. The molecule has 0 atom stereocenters. The molecule has 5 nitrogen and oxygen atoms in total. The van der Waals surface area contributed by atoms with Crippen LogP contribution in [0.15, 0.2) is 59.3 Å². The highest BCUT2D eigenvalue weighted by atomic mass is 16.3. The summed E-state index contributed by atoms with van der Waals surface area (Å²) in [4.78, 5) is 0. The number of aromatic nitrogens is 2. The fourth-order valence-electron chi connectivity index (χ4n) is 1.95. The van der Waals surface area contributed by atoms with E-state index in [0.29, 0.717) is 12.3 Å². The minimum absolute atomic E-state index is 0.321. The topological polar surface area (TPSA) is 66.8 Å². The Kier molecular flexibility index (Phi) is 3.21. The molecule has 0 saturated heterocycles. The van der Waals surface area contributed by atoms with E-state index in [1.54, 1.807) is 23.0 Å². The summed E-state index contributed by atoms with van der Waals surface area (Å²) in [6, 6.07) is 15.2. The van der Waals surface area contributed by atoms with Crippen LogP contribution in [0.4, 0.5) is 5.69 Å². The van der Waals surface area contributed by atoms with E-state index < -0.39 is 0 Å². The zero-order valence-corrected chi connectivity index (χ0v) is 10.7. The molecule has 20 heavy (non-hydrogen) atoms. The summed E-state index contributed by atoms with van der Waals surface area (Å²) < 4.78 is 7.14. The molecule has 0 saturated carbocycles. The Bertz CT molecular complexity index is 737. The lowest BCUT2D eigenvalue weighted by Crippen LogP contribution is -2.04. The number of nitriles is 1. The van der Waals surface area contributed by atoms with Gasteiger partial charge in [-0.15, -0.1) is 0 Å². The lowest BCUT2D eigenvalue weighted by atomic mass is 10.2. The summed E-state index contributed by atoms with van der Waals surface area (Å²) in [7, 11) is 0. The van der Waals surface area contributed by atoms with Crippen LogP contribution in [0.25, 0.3) is 5.69 Å². The molecule has 0 amide bonds. The number of para-hydroxylation sites is 2. The summed E-state index contributed by atoms with van der Waals surface area (Å²) in [5.41, 5.74) is 1.91. The van der Waals surface area contributed by atoms with Crippen molar-refractivity contribution >= 4 is 5.69 Å². The van der Waals surface area contributed by atoms with E-state index in [-0.39, 0.29) is 0 Å². The predicted octanol–water partition coefficient (Wildman–Crippen LogP) is 2.95. The molecule has 98 valence electrons. The Morgan fingerprint density at radius 1 is 1.20 bits per heavy atom. The molecule has 0 bridgehead atoms. The normalized spacial score (nSPS) is 10.2. The van der Waals surface area contributed by atoms with Crippen molar-refractivity contribution in [2.24, 2.45) is 0 Å². The van der Waals surface area contributed by atoms with Gasteiger partial charge in [-0.3, -0.25) is 0 Å². The van der Waals surface area contributed by atoms with Crippen molar-refractivity contribution in [1.29, 1.82) is 5.26 Å². The molecular formula is C15H12N4O. The van der Waals surface area contributed by atoms with Crippen molar-refractivity contribution in [1.82, 2.24) is 9.78 Å². The molecule has 0 spiro atoms. The van der Waals surface area contributed by atoms with Gasteiger partial charge in [0.25, 0.3) is 0 Å². The third kappa shape index (κ3) is 2.40. The maximum Gasteiger partial charge on any atom is 0.203 e. The molecule has 5 heteroatoms. The Labute approximate surface area is 116 Å². The Balaban J connectivity index is 1.80. The molecule has 0 aliphatic rings. The number of nitrogens with zero attached hydrogens (tertiary/aromatic N) is 3. The van der Waals surface area contributed by atoms with Crippen LogP contribution in [0.3, 0.4) is 0 Å². The van der Waals surface area contributed by atoms with Crippen LogP contribution >= 0.6 is 0 Å². The quantitative estimate of drug-likeness (QED) is 0.786. The second-order valence-electron chi connectivity index (χ2n) is 4.20. The molecule has 3 aromatic rings.